The van der Waals surface area contributed by atoms with Gasteiger partial charge in [-0.05, 0) is 50.1 Å². The molecule has 1 aromatic carbocycles. The van der Waals surface area contributed by atoms with E-state index in [1.165, 1.54) is 12.1 Å². The molecule has 0 saturated carbocycles. The maximum atomic E-state index is 13.3. The van der Waals surface area contributed by atoms with E-state index in [9.17, 15) is 9.50 Å². The van der Waals surface area contributed by atoms with Crippen LogP contribution < -0.4 is 4.74 Å². The Morgan fingerprint density at radius 2 is 2.10 bits per heavy atom. The van der Waals surface area contributed by atoms with Crippen molar-refractivity contribution >= 4 is 31.9 Å². The summed E-state index contributed by atoms with van der Waals surface area (Å²) in [5, 5.41) is 10.2. The molecule has 2 heterocycles. The Kier molecular flexibility index (Phi) is 3.79. The number of aromatic nitrogens is 1. The molecule has 20 heavy (non-hydrogen) atoms. The molecule has 2 atom stereocenters. The second-order valence-electron chi connectivity index (χ2n) is 4.56. The molecule has 0 radical (unpaired) electrons. The minimum atomic E-state index is -0.693. The summed E-state index contributed by atoms with van der Waals surface area (Å²) in [5.74, 6) is -0.0233. The first-order valence-corrected chi connectivity index (χ1v) is 7.58. The highest BCUT2D eigenvalue weighted by Gasteiger charge is 2.30. The lowest BCUT2D eigenvalue weighted by Crippen LogP contribution is -2.20. The molecule has 0 saturated heterocycles. The third kappa shape index (κ3) is 2.60. The third-order valence-corrected chi connectivity index (χ3v) is 4.25. The number of nitrogens with zero attached hydrogens (tertiary/aromatic N) is 1. The molecule has 1 unspecified atom stereocenters. The minimum Gasteiger partial charge on any atom is -0.483 e. The van der Waals surface area contributed by atoms with Crippen molar-refractivity contribution in [1.82, 2.24) is 4.98 Å². The van der Waals surface area contributed by atoms with Crippen molar-refractivity contribution in [3.8, 4) is 5.75 Å². The number of benzene rings is 1. The highest BCUT2D eigenvalue weighted by atomic mass is 79.9. The molecular weight excluding hydrogens is 393 g/mol. The van der Waals surface area contributed by atoms with E-state index in [-0.39, 0.29) is 5.82 Å². The summed E-state index contributed by atoms with van der Waals surface area (Å²) in [7, 11) is 0. The number of aliphatic hydroxyl groups excluding tert-OH is 1. The zero-order valence-corrected chi connectivity index (χ0v) is 13.4. The lowest BCUT2D eigenvalue weighted by Gasteiger charge is -2.29. The van der Waals surface area contributed by atoms with Gasteiger partial charge in [0.05, 0.1) is 11.8 Å². The van der Waals surface area contributed by atoms with Crippen LogP contribution in [-0.4, -0.2) is 10.1 Å². The largest absolute Gasteiger partial charge is 0.483 e. The summed E-state index contributed by atoms with van der Waals surface area (Å²) in [6, 6.07) is 6.02. The smallest absolute Gasteiger partial charge is 0.144 e. The fourth-order valence-corrected chi connectivity index (χ4v) is 3.49. The highest BCUT2D eigenvalue weighted by molar-refractivity contribution is 9.11. The molecule has 1 aromatic heterocycles. The van der Waals surface area contributed by atoms with Gasteiger partial charge in [-0.2, -0.15) is 0 Å². The molecule has 2 aromatic rings. The quantitative estimate of drug-likeness (QED) is 0.773. The summed E-state index contributed by atoms with van der Waals surface area (Å²) < 4.78 is 20.7. The first-order valence-electron chi connectivity index (χ1n) is 5.99. The van der Waals surface area contributed by atoms with Gasteiger partial charge in [0.1, 0.15) is 17.7 Å². The van der Waals surface area contributed by atoms with Gasteiger partial charge in [-0.15, -0.1) is 0 Å². The number of hydrogen-bond donors (Lipinski definition) is 1. The molecular formula is C14H10Br2FNO2. The molecule has 6 heteroatoms. The maximum absolute atomic E-state index is 13.3. The summed E-state index contributed by atoms with van der Waals surface area (Å²) in [4.78, 5) is 4.31. The lowest BCUT2D eigenvalue weighted by atomic mass is 9.97. The van der Waals surface area contributed by atoms with Gasteiger partial charge >= 0.3 is 0 Å². The molecule has 1 aliphatic heterocycles. The van der Waals surface area contributed by atoms with E-state index in [0.29, 0.717) is 23.4 Å². The van der Waals surface area contributed by atoms with Crippen molar-refractivity contribution in [3.63, 3.8) is 0 Å². The lowest BCUT2D eigenvalue weighted by molar-refractivity contribution is 0.0629. The number of fused-ring (bicyclic) bond motifs is 1. The maximum Gasteiger partial charge on any atom is 0.144 e. The number of hydrogen-bond acceptors (Lipinski definition) is 3. The zero-order chi connectivity index (χ0) is 14.3. The number of aliphatic hydroxyl groups is 1. The van der Waals surface area contributed by atoms with E-state index in [0.717, 1.165) is 8.95 Å². The molecule has 0 bridgehead atoms. The van der Waals surface area contributed by atoms with Gasteiger partial charge in [0.2, 0.25) is 0 Å². The van der Waals surface area contributed by atoms with Crippen molar-refractivity contribution < 1.29 is 14.2 Å². The molecule has 0 aliphatic carbocycles. The van der Waals surface area contributed by atoms with Gasteiger partial charge in [0.15, 0.2) is 0 Å². The van der Waals surface area contributed by atoms with Gasteiger partial charge < -0.3 is 9.84 Å². The van der Waals surface area contributed by atoms with Crippen LogP contribution in [-0.2, 0) is 0 Å². The van der Waals surface area contributed by atoms with Crippen LogP contribution in [0.4, 0.5) is 4.39 Å². The van der Waals surface area contributed by atoms with Crippen LogP contribution in [0.2, 0.25) is 0 Å². The van der Waals surface area contributed by atoms with Crippen LogP contribution in [0.5, 0.6) is 5.75 Å². The summed E-state index contributed by atoms with van der Waals surface area (Å²) in [5.41, 5.74) is 1.29. The average Bonchev–Trinajstić information content (AvgIpc) is 2.37. The summed E-state index contributed by atoms with van der Waals surface area (Å²) in [6.07, 6.45) is 0.937. The van der Waals surface area contributed by atoms with Crippen LogP contribution >= 0.6 is 31.9 Å². The van der Waals surface area contributed by atoms with Crippen molar-refractivity contribution in [3.05, 3.63) is 56.5 Å². The second-order valence-corrected chi connectivity index (χ2v) is 6.33. The van der Waals surface area contributed by atoms with Crippen LogP contribution in [0.25, 0.3) is 0 Å². The summed E-state index contributed by atoms with van der Waals surface area (Å²) in [6.45, 7) is 0. The molecule has 3 rings (SSSR count). The first-order chi connectivity index (χ1) is 9.54. The van der Waals surface area contributed by atoms with Gasteiger partial charge in [-0.1, -0.05) is 0 Å². The van der Waals surface area contributed by atoms with Gasteiger partial charge in [0.25, 0.3) is 0 Å². The fraction of sp³-hybridized carbons (Fsp3) is 0.214. The predicted octanol–water partition coefficient (Wildman–Crippen LogP) is 4.30. The molecule has 0 amide bonds. The van der Waals surface area contributed by atoms with Crippen LogP contribution in [0, 0.1) is 5.82 Å². The average molecular weight is 403 g/mol. The normalized spacial score (nSPS) is 21.2. The SMILES string of the molecule is O[C@@H]1CC(c2ncc(Br)cc2Br)Oc2cc(F)ccc21. The second kappa shape index (κ2) is 5.42. The molecule has 0 fully saturated rings. The van der Waals surface area contributed by atoms with Crippen LogP contribution in [0.3, 0.4) is 0 Å². The van der Waals surface area contributed by atoms with Crippen molar-refractivity contribution in [2.24, 2.45) is 0 Å². The van der Waals surface area contributed by atoms with Gasteiger partial charge in [0, 0.05) is 33.2 Å². The Labute approximate surface area is 132 Å². The minimum absolute atomic E-state index is 0.366. The molecule has 1 N–H and O–H groups in total. The number of pyridine rings is 1. The Morgan fingerprint density at radius 1 is 1.30 bits per heavy atom. The number of halogens is 3. The van der Waals surface area contributed by atoms with Crippen molar-refractivity contribution in [1.29, 1.82) is 0 Å². The monoisotopic (exact) mass is 401 g/mol. The Bertz CT molecular complexity index is 666. The van der Waals surface area contributed by atoms with E-state index in [4.69, 9.17) is 4.74 Å². The number of rotatable bonds is 1. The predicted molar refractivity (Wildman–Crippen MR) is 79.0 cm³/mol. The zero-order valence-electron chi connectivity index (χ0n) is 10.2. The standard InChI is InChI=1S/C14H10Br2FNO2/c15-7-3-10(16)14(18-6-7)13-5-11(19)9-2-1-8(17)4-12(9)20-13/h1-4,6,11,13,19H,5H2/t11-,13?/m1/s1. The third-order valence-electron chi connectivity index (χ3n) is 3.18. The molecule has 0 spiro atoms. The van der Waals surface area contributed by atoms with Crippen LogP contribution in [0.15, 0.2) is 39.4 Å². The van der Waals surface area contributed by atoms with Crippen molar-refractivity contribution in [2.45, 2.75) is 18.6 Å². The topological polar surface area (TPSA) is 42.4 Å². The summed E-state index contributed by atoms with van der Waals surface area (Å²) >= 11 is 6.76. The molecule has 1 aliphatic rings. The van der Waals surface area contributed by atoms with E-state index >= 15 is 0 Å². The Balaban J connectivity index is 1.98. The number of ether oxygens (including phenoxy) is 1. The Hall–Kier alpha value is -0.980. The Morgan fingerprint density at radius 3 is 2.85 bits per heavy atom. The molecule has 104 valence electrons. The molecule has 3 nitrogen and oxygen atoms in total. The van der Waals surface area contributed by atoms with Gasteiger partial charge in [-0.3, -0.25) is 4.98 Å². The van der Waals surface area contributed by atoms with E-state index in [1.807, 2.05) is 6.07 Å². The van der Waals surface area contributed by atoms with E-state index < -0.39 is 12.2 Å². The van der Waals surface area contributed by atoms with Crippen molar-refractivity contribution in [2.75, 3.05) is 0 Å². The fourth-order valence-electron chi connectivity index (χ4n) is 2.25. The van der Waals surface area contributed by atoms with E-state index in [1.54, 1.807) is 12.3 Å². The van der Waals surface area contributed by atoms with Crippen LogP contribution in [0.1, 0.15) is 29.9 Å². The van der Waals surface area contributed by atoms with E-state index in [2.05, 4.69) is 36.8 Å². The van der Waals surface area contributed by atoms with Gasteiger partial charge in [-0.25, -0.2) is 4.39 Å². The first kappa shape index (κ1) is 14.0. The highest BCUT2D eigenvalue weighted by Crippen LogP contribution is 2.42.